The third-order valence-electron chi connectivity index (χ3n) is 3.79. The first-order valence-corrected chi connectivity index (χ1v) is 10.1. The summed E-state index contributed by atoms with van der Waals surface area (Å²) in [6.45, 7) is 1.84. The fourth-order valence-electron chi connectivity index (χ4n) is 2.39. The number of hydrogen-bond donors (Lipinski definition) is 1. The monoisotopic (exact) mass is 392 g/mol. The van der Waals surface area contributed by atoms with E-state index in [0.29, 0.717) is 27.3 Å². The van der Waals surface area contributed by atoms with Crippen LogP contribution < -0.4 is 15.0 Å². The maximum atomic E-state index is 12.2. The molecule has 9 heteroatoms. The topological polar surface area (TPSA) is 84.4 Å². The van der Waals surface area contributed by atoms with Crippen LogP contribution in [-0.4, -0.2) is 40.9 Å². The van der Waals surface area contributed by atoms with Crippen LogP contribution in [0.3, 0.4) is 0 Å². The highest BCUT2D eigenvalue weighted by molar-refractivity contribution is 8.01. The number of aromatic nitrogens is 2. The lowest BCUT2D eigenvalue weighted by molar-refractivity contribution is -0.118. The summed E-state index contributed by atoms with van der Waals surface area (Å²) >= 11 is 2.66. The summed E-state index contributed by atoms with van der Waals surface area (Å²) in [5.74, 6) is 0.730. The van der Waals surface area contributed by atoms with Crippen LogP contribution in [0.5, 0.6) is 5.75 Å². The van der Waals surface area contributed by atoms with Gasteiger partial charge >= 0.3 is 0 Å². The van der Waals surface area contributed by atoms with Gasteiger partial charge in [0.25, 0.3) is 0 Å². The second-order valence-corrected chi connectivity index (χ2v) is 7.91. The van der Waals surface area contributed by atoms with E-state index in [1.165, 1.54) is 23.1 Å². The molecular weight excluding hydrogens is 372 g/mol. The predicted octanol–water partition coefficient (Wildman–Crippen LogP) is 3.18. The van der Waals surface area contributed by atoms with Gasteiger partial charge in [-0.3, -0.25) is 14.5 Å². The molecule has 1 saturated carbocycles. The number of nitrogens with zero attached hydrogens (tertiary/aromatic N) is 3. The quantitative estimate of drug-likeness (QED) is 0.549. The first kappa shape index (κ1) is 18.7. The van der Waals surface area contributed by atoms with Crippen molar-refractivity contribution in [2.24, 2.45) is 0 Å². The van der Waals surface area contributed by atoms with E-state index < -0.39 is 0 Å². The number of hydrogen-bond acceptors (Lipinski definition) is 7. The van der Waals surface area contributed by atoms with Gasteiger partial charge in [-0.15, -0.1) is 10.2 Å². The molecule has 1 N–H and O–H groups in total. The molecule has 0 atom stereocenters. The molecule has 1 heterocycles. The smallest absolute Gasteiger partial charge is 0.234 e. The van der Waals surface area contributed by atoms with Crippen LogP contribution in [0.2, 0.25) is 0 Å². The van der Waals surface area contributed by atoms with Crippen molar-refractivity contribution in [3.63, 3.8) is 0 Å². The molecule has 0 radical (unpaired) electrons. The summed E-state index contributed by atoms with van der Waals surface area (Å²) in [7, 11) is 1.56. The summed E-state index contributed by atoms with van der Waals surface area (Å²) in [5, 5.41) is 11.7. The van der Waals surface area contributed by atoms with Crippen molar-refractivity contribution in [2.45, 2.75) is 36.6 Å². The number of benzene rings is 1. The van der Waals surface area contributed by atoms with Crippen LogP contribution in [0.1, 0.15) is 26.2 Å². The normalized spacial score (nSPS) is 13.3. The Morgan fingerprint density at radius 2 is 2.12 bits per heavy atom. The second kappa shape index (κ2) is 8.50. The minimum absolute atomic E-state index is 0.0640. The largest absolute Gasteiger partial charge is 0.495 e. The predicted molar refractivity (Wildman–Crippen MR) is 103 cm³/mol. The van der Waals surface area contributed by atoms with E-state index in [0.717, 1.165) is 12.8 Å². The molecule has 1 fully saturated rings. The number of rotatable bonds is 8. The Morgan fingerprint density at radius 3 is 2.81 bits per heavy atom. The molecule has 2 aromatic rings. The summed E-state index contributed by atoms with van der Waals surface area (Å²) in [6, 6.07) is 7.50. The minimum Gasteiger partial charge on any atom is -0.495 e. The van der Waals surface area contributed by atoms with Gasteiger partial charge in [-0.2, -0.15) is 0 Å². The molecule has 1 aromatic heterocycles. The number of ether oxygens (including phenoxy) is 1. The molecule has 1 aliphatic rings. The number of para-hydroxylation sites is 2. The molecule has 7 nitrogen and oxygen atoms in total. The number of carbonyl (C=O) groups excluding carboxylic acids is 2. The molecule has 0 aliphatic heterocycles. The average Bonchev–Trinajstić information content (AvgIpc) is 3.38. The number of nitrogens with one attached hydrogen (secondary N) is 1. The molecule has 0 spiro atoms. The van der Waals surface area contributed by atoms with Crippen LogP contribution in [0, 0.1) is 0 Å². The number of amides is 2. The van der Waals surface area contributed by atoms with E-state index in [1.807, 2.05) is 19.1 Å². The third-order valence-corrected chi connectivity index (χ3v) is 5.85. The Kier molecular flexibility index (Phi) is 6.10. The molecule has 0 unspecified atom stereocenters. The first-order chi connectivity index (χ1) is 12.6. The second-order valence-electron chi connectivity index (χ2n) is 5.74. The Bertz CT molecular complexity index is 792. The van der Waals surface area contributed by atoms with Crippen LogP contribution in [-0.2, 0) is 9.59 Å². The van der Waals surface area contributed by atoms with Gasteiger partial charge in [0.15, 0.2) is 4.34 Å². The third kappa shape index (κ3) is 4.53. The SMILES string of the molecule is CCC(=O)N(c1nnc(SCC(=O)Nc2ccccc2OC)s1)C1CC1. The number of carbonyl (C=O) groups is 2. The fraction of sp³-hybridized carbons (Fsp3) is 0.412. The van der Waals surface area contributed by atoms with Gasteiger partial charge in [0, 0.05) is 12.5 Å². The van der Waals surface area contributed by atoms with Crippen molar-refractivity contribution < 1.29 is 14.3 Å². The molecule has 0 saturated heterocycles. The summed E-state index contributed by atoms with van der Waals surface area (Å²) < 4.78 is 5.89. The van der Waals surface area contributed by atoms with Crippen LogP contribution >= 0.6 is 23.1 Å². The summed E-state index contributed by atoms with van der Waals surface area (Å²) in [5.41, 5.74) is 0.631. The molecule has 0 bridgehead atoms. The van der Waals surface area contributed by atoms with E-state index in [-0.39, 0.29) is 23.6 Å². The zero-order valence-corrected chi connectivity index (χ0v) is 16.2. The molecule has 26 heavy (non-hydrogen) atoms. The minimum atomic E-state index is -0.153. The zero-order chi connectivity index (χ0) is 18.5. The highest BCUT2D eigenvalue weighted by atomic mass is 32.2. The molecular formula is C17H20N4O3S2. The van der Waals surface area contributed by atoms with Crippen molar-refractivity contribution in [3.8, 4) is 5.75 Å². The number of methoxy groups -OCH3 is 1. The lowest BCUT2D eigenvalue weighted by atomic mass is 10.3. The van der Waals surface area contributed by atoms with Crippen molar-refractivity contribution >= 4 is 45.7 Å². The van der Waals surface area contributed by atoms with Crippen molar-refractivity contribution in [1.82, 2.24) is 10.2 Å². The maximum Gasteiger partial charge on any atom is 0.234 e. The van der Waals surface area contributed by atoms with Gasteiger partial charge in [0.05, 0.1) is 18.6 Å². The molecule has 138 valence electrons. The highest BCUT2D eigenvalue weighted by Gasteiger charge is 2.35. The van der Waals surface area contributed by atoms with Gasteiger partial charge in [-0.25, -0.2) is 0 Å². The van der Waals surface area contributed by atoms with E-state index in [1.54, 1.807) is 24.1 Å². The average molecular weight is 393 g/mol. The first-order valence-electron chi connectivity index (χ1n) is 8.33. The number of anilines is 2. The van der Waals surface area contributed by atoms with Gasteiger partial charge in [0.1, 0.15) is 5.75 Å². The van der Waals surface area contributed by atoms with Gasteiger partial charge in [-0.05, 0) is 25.0 Å². The van der Waals surface area contributed by atoms with Crippen molar-refractivity contribution in [2.75, 3.05) is 23.1 Å². The Morgan fingerprint density at radius 1 is 1.35 bits per heavy atom. The molecule has 1 aromatic carbocycles. The van der Waals surface area contributed by atoms with Gasteiger partial charge in [0.2, 0.25) is 16.9 Å². The van der Waals surface area contributed by atoms with Crippen LogP contribution in [0.25, 0.3) is 0 Å². The zero-order valence-electron chi connectivity index (χ0n) is 14.6. The van der Waals surface area contributed by atoms with Crippen molar-refractivity contribution in [1.29, 1.82) is 0 Å². The van der Waals surface area contributed by atoms with Crippen LogP contribution in [0.15, 0.2) is 28.6 Å². The van der Waals surface area contributed by atoms with E-state index in [4.69, 9.17) is 4.74 Å². The van der Waals surface area contributed by atoms with Gasteiger partial charge < -0.3 is 10.1 Å². The van der Waals surface area contributed by atoms with E-state index in [2.05, 4.69) is 15.5 Å². The van der Waals surface area contributed by atoms with E-state index in [9.17, 15) is 9.59 Å². The van der Waals surface area contributed by atoms with E-state index >= 15 is 0 Å². The molecule has 3 rings (SSSR count). The number of thioether (sulfide) groups is 1. The Balaban J connectivity index is 1.57. The fourth-order valence-corrected chi connectivity index (χ4v) is 4.12. The lowest BCUT2D eigenvalue weighted by Gasteiger charge is -2.17. The van der Waals surface area contributed by atoms with Crippen molar-refractivity contribution in [3.05, 3.63) is 24.3 Å². The maximum absolute atomic E-state index is 12.2. The van der Waals surface area contributed by atoms with Gasteiger partial charge in [-0.1, -0.05) is 42.2 Å². The lowest BCUT2D eigenvalue weighted by Crippen LogP contribution is -2.32. The molecule has 1 aliphatic carbocycles. The Labute approximate surface area is 160 Å². The molecule has 2 amide bonds. The standard InChI is InChI=1S/C17H20N4O3S2/c1-3-15(23)21(11-8-9-11)16-19-20-17(26-16)25-10-14(22)18-12-6-4-5-7-13(12)24-2/h4-7,11H,3,8-10H2,1-2H3,(H,18,22). The summed E-state index contributed by atoms with van der Waals surface area (Å²) in [4.78, 5) is 26.0. The highest BCUT2D eigenvalue weighted by Crippen LogP contribution is 2.36. The Hall–Kier alpha value is -2.13. The summed E-state index contributed by atoms with van der Waals surface area (Å²) in [6.07, 6.45) is 2.46. The van der Waals surface area contributed by atoms with Crippen LogP contribution in [0.4, 0.5) is 10.8 Å².